The minimum Gasteiger partial charge on any atom is -0.309 e. The molecular weight excluding hydrogens is 276 g/mol. The van der Waals surface area contributed by atoms with Crippen LogP contribution in [0.4, 0.5) is 0 Å². The average Bonchev–Trinajstić information content (AvgIpc) is 2.87. The Hall–Kier alpha value is -1.34. The van der Waals surface area contributed by atoms with Crippen LogP contribution in [0, 0.1) is 11.3 Å². The van der Waals surface area contributed by atoms with Gasteiger partial charge in [0.25, 0.3) is 0 Å². The number of nitriles is 1. The highest BCUT2D eigenvalue weighted by molar-refractivity contribution is 7.12. The van der Waals surface area contributed by atoms with Crippen LogP contribution >= 0.6 is 22.9 Å². The summed E-state index contributed by atoms with van der Waals surface area (Å²) in [6, 6.07) is 14.3. The van der Waals surface area contributed by atoms with E-state index in [1.165, 1.54) is 16.2 Å². The van der Waals surface area contributed by atoms with Gasteiger partial charge >= 0.3 is 0 Å². The zero-order chi connectivity index (χ0) is 13.7. The molecule has 2 aromatic rings. The molecule has 2 rings (SSSR count). The fourth-order valence-corrected chi connectivity index (χ4v) is 2.84. The SMILES string of the molecule is CC(Cc1ccccc1Cl)NCc1ccc(C#N)s1. The standard InChI is InChI=1S/C15H15ClN2S/c1-11(8-12-4-2-3-5-15(12)16)18-10-14-7-6-13(9-17)19-14/h2-7,11,18H,8,10H2,1H3. The van der Waals surface area contributed by atoms with Crippen LogP contribution < -0.4 is 5.32 Å². The highest BCUT2D eigenvalue weighted by Gasteiger charge is 2.07. The van der Waals surface area contributed by atoms with Crippen LogP contribution in [0.15, 0.2) is 36.4 Å². The molecule has 19 heavy (non-hydrogen) atoms. The Morgan fingerprint density at radius 3 is 2.79 bits per heavy atom. The van der Waals surface area contributed by atoms with Gasteiger partial charge in [0, 0.05) is 22.5 Å². The maximum absolute atomic E-state index is 8.78. The van der Waals surface area contributed by atoms with Gasteiger partial charge in [0.1, 0.15) is 10.9 Å². The number of hydrogen-bond acceptors (Lipinski definition) is 3. The zero-order valence-corrected chi connectivity index (χ0v) is 12.3. The summed E-state index contributed by atoms with van der Waals surface area (Å²) in [7, 11) is 0. The molecule has 0 saturated carbocycles. The van der Waals surface area contributed by atoms with Gasteiger partial charge in [-0.1, -0.05) is 29.8 Å². The number of benzene rings is 1. The van der Waals surface area contributed by atoms with E-state index >= 15 is 0 Å². The van der Waals surface area contributed by atoms with Crippen molar-refractivity contribution in [2.24, 2.45) is 0 Å². The lowest BCUT2D eigenvalue weighted by atomic mass is 10.1. The van der Waals surface area contributed by atoms with E-state index in [1.807, 2.05) is 30.3 Å². The quantitative estimate of drug-likeness (QED) is 0.903. The van der Waals surface area contributed by atoms with Gasteiger partial charge in [-0.15, -0.1) is 11.3 Å². The van der Waals surface area contributed by atoms with Gasteiger partial charge in [0.2, 0.25) is 0 Å². The largest absolute Gasteiger partial charge is 0.309 e. The topological polar surface area (TPSA) is 35.8 Å². The molecule has 1 atom stereocenters. The first-order valence-corrected chi connectivity index (χ1v) is 7.34. The zero-order valence-electron chi connectivity index (χ0n) is 10.7. The van der Waals surface area contributed by atoms with Crippen molar-refractivity contribution in [1.29, 1.82) is 5.26 Å². The van der Waals surface area contributed by atoms with E-state index in [9.17, 15) is 0 Å². The monoisotopic (exact) mass is 290 g/mol. The van der Waals surface area contributed by atoms with Crippen molar-refractivity contribution in [3.8, 4) is 6.07 Å². The van der Waals surface area contributed by atoms with Crippen molar-refractivity contribution >= 4 is 22.9 Å². The van der Waals surface area contributed by atoms with Crippen LogP contribution in [-0.2, 0) is 13.0 Å². The molecular formula is C15H15ClN2S. The van der Waals surface area contributed by atoms with Crippen LogP contribution in [0.2, 0.25) is 5.02 Å². The summed E-state index contributed by atoms with van der Waals surface area (Å²) in [5.74, 6) is 0. The van der Waals surface area contributed by atoms with Crippen molar-refractivity contribution < 1.29 is 0 Å². The fourth-order valence-electron chi connectivity index (χ4n) is 1.87. The van der Waals surface area contributed by atoms with Gasteiger partial charge in [-0.05, 0) is 37.1 Å². The third-order valence-corrected chi connectivity index (χ3v) is 4.24. The van der Waals surface area contributed by atoms with Gasteiger partial charge in [0.05, 0.1) is 0 Å². The number of nitrogens with one attached hydrogen (secondary N) is 1. The van der Waals surface area contributed by atoms with Crippen molar-refractivity contribution in [3.63, 3.8) is 0 Å². The molecule has 0 aliphatic carbocycles. The van der Waals surface area contributed by atoms with E-state index in [0.717, 1.165) is 28.4 Å². The fraction of sp³-hybridized carbons (Fsp3) is 0.267. The van der Waals surface area contributed by atoms with E-state index in [0.29, 0.717) is 6.04 Å². The predicted molar refractivity (Wildman–Crippen MR) is 80.5 cm³/mol. The van der Waals surface area contributed by atoms with Crippen LogP contribution in [0.1, 0.15) is 22.2 Å². The molecule has 2 nitrogen and oxygen atoms in total. The number of rotatable bonds is 5. The van der Waals surface area contributed by atoms with E-state index < -0.39 is 0 Å². The van der Waals surface area contributed by atoms with Gasteiger partial charge in [0.15, 0.2) is 0 Å². The van der Waals surface area contributed by atoms with Crippen molar-refractivity contribution in [3.05, 3.63) is 56.7 Å². The number of nitrogens with zero attached hydrogens (tertiary/aromatic N) is 1. The van der Waals surface area contributed by atoms with E-state index in [-0.39, 0.29) is 0 Å². The van der Waals surface area contributed by atoms with Gasteiger partial charge in [-0.25, -0.2) is 0 Å². The second-order valence-corrected chi connectivity index (χ2v) is 6.03. The van der Waals surface area contributed by atoms with E-state index in [1.54, 1.807) is 0 Å². The molecule has 0 spiro atoms. The predicted octanol–water partition coefficient (Wildman–Crippen LogP) is 3.99. The Bertz CT molecular complexity index is 586. The summed E-state index contributed by atoms with van der Waals surface area (Å²) in [5, 5.41) is 13.1. The highest BCUT2D eigenvalue weighted by atomic mass is 35.5. The summed E-state index contributed by atoms with van der Waals surface area (Å²) in [6.07, 6.45) is 0.899. The lowest BCUT2D eigenvalue weighted by Crippen LogP contribution is -2.27. The molecule has 0 saturated heterocycles. The molecule has 0 aliphatic heterocycles. The molecule has 1 aromatic carbocycles. The van der Waals surface area contributed by atoms with Gasteiger partial charge < -0.3 is 5.32 Å². The first kappa shape index (κ1) is 14.1. The maximum atomic E-state index is 8.78. The Balaban J connectivity index is 1.87. The molecule has 0 amide bonds. The normalized spacial score (nSPS) is 12.1. The molecule has 1 heterocycles. The van der Waals surface area contributed by atoms with Crippen molar-refractivity contribution in [1.82, 2.24) is 5.32 Å². The lowest BCUT2D eigenvalue weighted by Gasteiger charge is -2.14. The lowest BCUT2D eigenvalue weighted by molar-refractivity contribution is 0.549. The molecule has 0 bridgehead atoms. The molecule has 1 unspecified atom stereocenters. The number of thiophene rings is 1. The summed E-state index contributed by atoms with van der Waals surface area (Å²) in [6.45, 7) is 2.93. The van der Waals surface area contributed by atoms with Crippen LogP contribution in [0.5, 0.6) is 0 Å². The third kappa shape index (κ3) is 4.07. The molecule has 1 N–H and O–H groups in total. The average molecular weight is 291 g/mol. The first-order valence-electron chi connectivity index (χ1n) is 6.14. The Morgan fingerprint density at radius 1 is 1.32 bits per heavy atom. The molecule has 98 valence electrons. The minimum absolute atomic E-state index is 0.340. The second kappa shape index (κ2) is 6.72. The van der Waals surface area contributed by atoms with Crippen LogP contribution in [0.3, 0.4) is 0 Å². The van der Waals surface area contributed by atoms with E-state index in [4.69, 9.17) is 16.9 Å². The van der Waals surface area contributed by atoms with Crippen LogP contribution in [-0.4, -0.2) is 6.04 Å². The van der Waals surface area contributed by atoms with Gasteiger partial charge in [-0.3, -0.25) is 0 Å². The van der Waals surface area contributed by atoms with Crippen LogP contribution in [0.25, 0.3) is 0 Å². The molecule has 0 radical (unpaired) electrons. The minimum atomic E-state index is 0.340. The molecule has 0 fully saturated rings. The smallest absolute Gasteiger partial charge is 0.110 e. The Morgan fingerprint density at radius 2 is 2.11 bits per heavy atom. The van der Waals surface area contributed by atoms with Crippen molar-refractivity contribution in [2.45, 2.75) is 25.9 Å². The van der Waals surface area contributed by atoms with Crippen molar-refractivity contribution in [2.75, 3.05) is 0 Å². The third-order valence-electron chi connectivity index (χ3n) is 2.88. The molecule has 1 aromatic heterocycles. The first-order chi connectivity index (χ1) is 9.19. The summed E-state index contributed by atoms with van der Waals surface area (Å²) in [4.78, 5) is 1.94. The molecule has 4 heteroatoms. The Kier molecular flexibility index (Phi) is 4.98. The Labute approximate surface area is 122 Å². The summed E-state index contributed by atoms with van der Waals surface area (Å²) >= 11 is 7.68. The highest BCUT2D eigenvalue weighted by Crippen LogP contribution is 2.18. The van der Waals surface area contributed by atoms with E-state index in [2.05, 4.69) is 24.4 Å². The maximum Gasteiger partial charge on any atom is 0.110 e. The second-order valence-electron chi connectivity index (χ2n) is 4.46. The number of halogens is 1. The number of hydrogen-bond donors (Lipinski definition) is 1. The summed E-state index contributed by atoms with van der Waals surface area (Å²) < 4.78 is 0. The summed E-state index contributed by atoms with van der Waals surface area (Å²) in [5.41, 5.74) is 1.16. The van der Waals surface area contributed by atoms with Gasteiger partial charge in [-0.2, -0.15) is 5.26 Å². The molecule has 0 aliphatic rings.